The highest BCUT2D eigenvalue weighted by atomic mass is 16.5. The Balaban J connectivity index is 2.04. The van der Waals surface area contributed by atoms with E-state index < -0.39 is 0 Å². The SMILES string of the molecule is COc1cc(NCC2(CC(C)C)CCCC2)nc(C)n1. The molecule has 1 aliphatic carbocycles. The lowest BCUT2D eigenvalue weighted by Crippen LogP contribution is -2.28. The van der Waals surface area contributed by atoms with Crippen molar-refractivity contribution in [3.8, 4) is 5.88 Å². The van der Waals surface area contributed by atoms with Gasteiger partial charge in [0.1, 0.15) is 11.6 Å². The highest BCUT2D eigenvalue weighted by molar-refractivity contribution is 5.38. The highest BCUT2D eigenvalue weighted by Gasteiger charge is 2.34. The predicted molar refractivity (Wildman–Crippen MR) is 82.2 cm³/mol. The predicted octanol–water partition coefficient (Wildman–Crippen LogP) is 3.81. The third-order valence-electron chi connectivity index (χ3n) is 4.17. The van der Waals surface area contributed by atoms with Crippen LogP contribution in [0, 0.1) is 18.3 Å². The number of methoxy groups -OCH3 is 1. The smallest absolute Gasteiger partial charge is 0.218 e. The summed E-state index contributed by atoms with van der Waals surface area (Å²) in [7, 11) is 1.64. The Kier molecular flexibility index (Phi) is 4.84. The number of hydrogen-bond acceptors (Lipinski definition) is 4. The third-order valence-corrected chi connectivity index (χ3v) is 4.17. The summed E-state index contributed by atoms with van der Waals surface area (Å²) in [4.78, 5) is 8.68. The third kappa shape index (κ3) is 3.84. The van der Waals surface area contributed by atoms with E-state index in [1.54, 1.807) is 7.11 Å². The van der Waals surface area contributed by atoms with Crippen LogP contribution >= 0.6 is 0 Å². The number of anilines is 1. The molecule has 4 nitrogen and oxygen atoms in total. The van der Waals surface area contributed by atoms with Gasteiger partial charge in [-0.2, -0.15) is 4.98 Å². The maximum atomic E-state index is 5.21. The summed E-state index contributed by atoms with van der Waals surface area (Å²) in [5.41, 5.74) is 0.445. The molecule has 0 atom stereocenters. The normalized spacial score (nSPS) is 17.4. The van der Waals surface area contributed by atoms with Crippen molar-refractivity contribution in [2.75, 3.05) is 19.0 Å². The fraction of sp³-hybridized carbons (Fsp3) is 0.750. The van der Waals surface area contributed by atoms with Crippen molar-refractivity contribution in [1.82, 2.24) is 9.97 Å². The molecule has 0 aromatic carbocycles. The molecule has 0 saturated heterocycles. The fourth-order valence-corrected chi connectivity index (χ4v) is 3.46. The molecule has 112 valence electrons. The monoisotopic (exact) mass is 277 g/mol. The zero-order valence-corrected chi connectivity index (χ0v) is 13.2. The van der Waals surface area contributed by atoms with E-state index in [-0.39, 0.29) is 0 Å². The lowest BCUT2D eigenvalue weighted by atomic mass is 9.78. The van der Waals surface area contributed by atoms with Crippen molar-refractivity contribution in [1.29, 1.82) is 0 Å². The molecule has 1 heterocycles. The minimum atomic E-state index is 0.445. The van der Waals surface area contributed by atoms with Gasteiger partial charge in [0.15, 0.2) is 0 Å². The molecule has 20 heavy (non-hydrogen) atoms. The maximum absolute atomic E-state index is 5.21. The zero-order chi connectivity index (χ0) is 14.6. The molecule has 1 fully saturated rings. The average Bonchev–Trinajstić information content (AvgIpc) is 2.84. The topological polar surface area (TPSA) is 47.0 Å². The van der Waals surface area contributed by atoms with E-state index >= 15 is 0 Å². The molecule has 0 aliphatic heterocycles. The van der Waals surface area contributed by atoms with E-state index in [9.17, 15) is 0 Å². The molecule has 4 heteroatoms. The van der Waals surface area contributed by atoms with Crippen LogP contribution in [-0.2, 0) is 0 Å². The molecule has 1 saturated carbocycles. The van der Waals surface area contributed by atoms with Crippen molar-refractivity contribution in [3.63, 3.8) is 0 Å². The van der Waals surface area contributed by atoms with E-state index in [2.05, 4.69) is 29.1 Å². The van der Waals surface area contributed by atoms with Crippen LogP contribution in [0.15, 0.2) is 6.07 Å². The number of ether oxygens (including phenoxy) is 1. The van der Waals surface area contributed by atoms with Gasteiger partial charge in [0, 0.05) is 12.6 Å². The second-order valence-electron chi connectivity index (χ2n) is 6.50. The van der Waals surface area contributed by atoms with Gasteiger partial charge in [-0.15, -0.1) is 0 Å². The summed E-state index contributed by atoms with van der Waals surface area (Å²) < 4.78 is 5.21. The molecule has 0 radical (unpaired) electrons. The fourth-order valence-electron chi connectivity index (χ4n) is 3.46. The number of hydrogen-bond donors (Lipinski definition) is 1. The molecular weight excluding hydrogens is 250 g/mol. The molecular formula is C16H27N3O. The summed E-state index contributed by atoms with van der Waals surface area (Å²) in [5, 5.41) is 3.52. The molecule has 1 N–H and O–H groups in total. The van der Waals surface area contributed by atoms with Crippen LogP contribution in [0.25, 0.3) is 0 Å². The number of rotatable bonds is 6. The van der Waals surface area contributed by atoms with Crippen molar-refractivity contribution in [2.24, 2.45) is 11.3 Å². The van der Waals surface area contributed by atoms with Crippen LogP contribution in [0.1, 0.15) is 51.8 Å². The summed E-state index contributed by atoms with van der Waals surface area (Å²) in [5.74, 6) is 3.00. The van der Waals surface area contributed by atoms with Gasteiger partial charge in [-0.3, -0.25) is 0 Å². The minimum absolute atomic E-state index is 0.445. The summed E-state index contributed by atoms with van der Waals surface area (Å²) >= 11 is 0. The van der Waals surface area contributed by atoms with Crippen molar-refractivity contribution in [2.45, 2.75) is 52.9 Å². The van der Waals surface area contributed by atoms with Crippen LogP contribution in [-0.4, -0.2) is 23.6 Å². The van der Waals surface area contributed by atoms with Gasteiger partial charge in [0.05, 0.1) is 7.11 Å². The van der Waals surface area contributed by atoms with Crippen molar-refractivity contribution >= 4 is 5.82 Å². The van der Waals surface area contributed by atoms with Crippen LogP contribution < -0.4 is 10.1 Å². The maximum Gasteiger partial charge on any atom is 0.218 e. The van der Waals surface area contributed by atoms with Gasteiger partial charge < -0.3 is 10.1 Å². The molecule has 0 amide bonds. The molecule has 0 bridgehead atoms. The van der Waals surface area contributed by atoms with Crippen LogP contribution in [0.5, 0.6) is 5.88 Å². The second kappa shape index (κ2) is 6.42. The first kappa shape index (κ1) is 15.1. The van der Waals surface area contributed by atoms with Crippen molar-refractivity contribution in [3.05, 3.63) is 11.9 Å². The molecule has 1 aromatic heterocycles. The minimum Gasteiger partial charge on any atom is -0.481 e. The van der Waals surface area contributed by atoms with E-state index in [0.29, 0.717) is 11.3 Å². The Labute approximate surface area is 122 Å². The second-order valence-corrected chi connectivity index (χ2v) is 6.50. The lowest BCUT2D eigenvalue weighted by molar-refractivity contribution is 0.252. The highest BCUT2D eigenvalue weighted by Crippen LogP contribution is 2.43. The number of nitrogens with zero attached hydrogens (tertiary/aromatic N) is 2. The summed E-state index contributed by atoms with van der Waals surface area (Å²) in [6, 6.07) is 1.88. The van der Waals surface area contributed by atoms with Crippen molar-refractivity contribution < 1.29 is 4.74 Å². The molecule has 2 rings (SSSR count). The Morgan fingerprint density at radius 2 is 2.00 bits per heavy atom. The van der Waals surface area contributed by atoms with Crippen LogP contribution in [0.2, 0.25) is 0 Å². The van der Waals surface area contributed by atoms with E-state index in [4.69, 9.17) is 4.74 Å². The standard InChI is InChI=1S/C16H27N3O/c1-12(2)10-16(7-5-6-8-16)11-17-14-9-15(20-4)19-13(3)18-14/h9,12H,5-8,10-11H2,1-4H3,(H,17,18,19). The zero-order valence-electron chi connectivity index (χ0n) is 13.2. The quantitative estimate of drug-likeness (QED) is 0.859. The molecule has 0 unspecified atom stereocenters. The van der Waals surface area contributed by atoms with Gasteiger partial charge in [-0.25, -0.2) is 4.98 Å². The first-order valence-corrected chi connectivity index (χ1v) is 7.66. The van der Waals surface area contributed by atoms with Crippen LogP contribution in [0.3, 0.4) is 0 Å². The van der Waals surface area contributed by atoms with Crippen LogP contribution in [0.4, 0.5) is 5.82 Å². The Hall–Kier alpha value is -1.32. The Bertz CT molecular complexity index is 439. The number of aryl methyl sites for hydroxylation is 1. The first-order chi connectivity index (χ1) is 9.53. The number of nitrogens with one attached hydrogen (secondary N) is 1. The molecule has 1 aromatic rings. The van der Waals surface area contributed by atoms with Gasteiger partial charge in [0.2, 0.25) is 5.88 Å². The van der Waals surface area contributed by atoms with Gasteiger partial charge in [-0.1, -0.05) is 26.7 Å². The molecule has 1 aliphatic rings. The molecule has 0 spiro atoms. The Morgan fingerprint density at radius 1 is 1.30 bits per heavy atom. The summed E-state index contributed by atoms with van der Waals surface area (Å²) in [6.07, 6.45) is 6.68. The lowest BCUT2D eigenvalue weighted by Gasteiger charge is -2.31. The Morgan fingerprint density at radius 3 is 2.60 bits per heavy atom. The summed E-state index contributed by atoms with van der Waals surface area (Å²) in [6.45, 7) is 7.54. The van der Waals surface area contributed by atoms with E-state index in [1.807, 2.05) is 13.0 Å². The van der Waals surface area contributed by atoms with E-state index in [1.165, 1.54) is 32.1 Å². The van der Waals surface area contributed by atoms with E-state index in [0.717, 1.165) is 24.1 Å². The largest absolute Gasteiger partial charge is 0.481 e. The van der Waals surface area contributed by atoms with Gasteiger partial charge in [0.25, 0.3) is 0 Å². The average molecular weight is 277 g/mol. The van der Waals surface area contributed by atoms with Gasteiger partial charge in [-0.05, 0) is 37.5 Å². The number of aromatic nitrogens is 2. The first-order valence-electron chi connectivity index (χ1n) is 7.66. The van der Waals surface area contributed by atoms with Gasteiger partial charge >= 0.3 is 0 Å².